The quantitative estimate of drug-likeness (QED) is 0.426. The van der Waals surface area contributed by atoms with E-state index < -0.39 is 10.0 Å². The number of benzene rings is 3. The molecule has 0 atom stereocenters. The van der Waals surface area contributed by atoms with Crippen molar-refractivity contribution in [3.05, 3.63) is 84.4 Å². The highest BCUT2D eigenvalue weighted by Crippen LogP contribution is 2.27. The smallest absolute Gasteiger partial charge is 0.240 e. The average molecular weight is 516 g/mol. The van der Waals surface area contributed by atoms with E-state index in [1.807, 2.05) is 32.3 Å². The van der Waals surface area contributed by atoms with Gasteiger partial charge in [-0.25, -0.2) is 13.1 Å². The first-order chi connectivity index (χ1) is 17.8. The summed E-state index contributed by atoms with van der Waals surface area (Å²) in [6.07, 6.45) is 3.44. The fraction of sp³-hybridized carbons (Fsp3) is 0.241. The number of anilines is 2. The molecule has 8 heteroatoms. The van der Waals surface area contributed by atoms with Crippen LogP contribution >= 0.6 is 0 Å². The van der Waals surface area contributed by atoms with Gasteiger partial charge in [0.05, 0.1) is 17.1 Å². The Balaban J connectivity index is 1.60. The Morgan fingerprint density at radius 2 is 1.70 bits per heavy atom. The van der Waals surface area contributed by atoms with Gasteiger partial charge in [0.2, 0.25) is 10.0 Å². The zero-order chi connectivity index (χ0) is 26.4. The van der Waals surface area contributed by atoms with Gasteiger partial charge in [0.1, 0.15) is 5.84 Å². The second kappa shape index (κ2) is 11.5. The minimum Gasteiger partial charge on any atom is -0.378 e. The largest absolute Gasteiger partial charge is 0.378 e. The average Bonchev–Trinajstić information content (AvgIpc) is 3.10. The highest BCUT2D eigenvalue weighted by Gasteiger charge is 2.14. The maximum absolute atomic E-state index is 12.2. The number of aliphatic imine (C=N–C) groups is 2. The monoisotopic (exact) mass is 515 g/mol. The SMILES string of the molecule is CCC1=CC(=Nc2cccc(S(=O)(=O)NC)c2)CC(Nc2cccc(-c3cccc(N(C)C)c3)c2)=NC1. The first-order valence-electron chi connectivity index (χ1n) is 12.3. The van der Waals surface area contributed by atoms with Crippen LogP contribution in [0, 0.1) is 0 Å². The molecule has 0 aromatic heterocycles. The molecule has 1 aliphatic rings. The zero-order valence-electron chi connectivity index (χ0n) is 21.7. The van der Waals surface area contributed by atoms with Crippen molar-refractivity contribution in [3.63, 3.8) is 0 Å². The molecule has 4 rings (SSSR count). The van der Waals surface area contributed by atoms with Crippen molar-refractivity contribution in [1.82, 2.24) is 4.72 Å². The predicted octanol–water partition coefficient (Wildman–Crippen LogP) is 5.65. The van der Waals surface area contributed by atoms with E-state index in [2.05, 4.69) is 64.3 Å². The van der Waals surface area contributed by atoms with Crippen molar-refractivity contribution < 1.29 is 8.42 Å². The van der Waals surface area contributed by atoms with Crippen LogP contribution in [0.2, 0.25) is 0 Å². The van der Waals surface area contributed by atoms with Crippen LogP contribution in [-0.4, -0.2) is 47.7 Å². The van der Waals surface area contributed by atoms with Crippen molar-refractivity contribution in [3.8, 4) is 11.1 Å². The molecule has 0 radical (unpaired) electrons. The van der Waals surface area contributed by atoms with Crippen LogP contribution in [0.15, 0.2) is 99.3 Å². The maximum atomic E-state index is 12.2. The Morgan fingerprint density at radius 3 is 2.43 bits per heavy atom. The summed E-state index contributed by atoms with van der Waals surface area (Å²) >= 11 is 0. The third-order valence-electron chi connectivity index (χ3n) is 6.16. The number of hydrogen-bond acceptors (Lipinski definition) is 6. The predicted molar refractivity (Wildman–Crippen MR) is 155 cm³/mol. The van der Waals surface area contributed by atoms with E-state index in [4.69, 9.17) is 9.98 Å². The number of allylic oxidation sites excluding steroid dienone is 1. The van der Waals surface area contributed by atoms with E-state index in [-0.39, 0.29) is 4.90 Å². The Hall–Kier alpha value is -3.75. The van der Waals surface area contributed by atoms with Crippen molar-refractivity contribution in [1.29, 1.82) is 0 Å². The van der Waals surface area contributed by atoms with Gasteiger partial charge >= 0.3 is 0 Å². The van der Waals surface area contributed by atoms with Gasteiger partial charge in [-0.3, -0.25) is 9.98 Å². The highest BCUT2D eigenvalue weighted by atomic mass is 32.2. The summed E-state index contributed by atoms with van der Waals surface area (Å²) in [6.45, 7) is 2.69. The van der Waals surface area contributed by atoms with Crippen LogP contribution in [0.5, 0.6) is 0 Å². The summed E-state index contributed by atoms with van der Waals surface area (Å²) in [5.41, 5.74) is 6.95. The normalized spacial score (nSPS) is 15.1. The molecule has 37 heavy (non-hydrogen) atoms. The number of hydrogen-bond donors (Lipinski definition) is 2. The molecule has 0 unspecified atom stereocenters. The van der Waals surface area contributed by atoms with Crippen LogP contribution < -0.4 is 14.9 Å². The Bertz CT molecular complexity index is 1470. The third-order valence-corrected chi connectivity index (χ3v) is 7.57. The molecule has 1 aliphatic heterocycles. The van der Waals surface area contributed by atoms with Crippen molar-refractivity contribution in [2.75, 3.05) is 37.9 Å². The molecule has 0 saturated heterocycles. The molecule has 0 fully saturated rings. The maximum Gasteiger partial charge on any atom is 0.240 e. The lowest BCUT2D eigenvalue weighted by molar-refractivity contribution is 0.588. The summed E-state index contributed by atoms with van der Waals surface area (Å²) in [6, 6.07) is 23.4. The van der Waals surface area contributed by atoms with E-state index >= 15 is 0 Å². The van der Waals surface area contributed by atoms with E-state index in [0.29, 0.717) is 18.7 Å². The summed E-state index contributed by atoms with van der Waals surface area (Å²) in [7, 11) is 1.93. The fourth-order valence-electron chi connectivity index (χ4n) is 4.04. The zero-order valence-corrected chi connectivity index (χ0v) is 22.5. The molecule has 0 saturated carbocycles. The molecule has 192 valence electrons. The molecular formula is C29H33N5O2S. The molecule has 3 aromatic rings. The van der Waals surface area contributed by atoms with Gasteiger partial charge in [-0.1, -0.05) is 37.3 Å². The lowest BCUT2D eigenvalue weighted by atomic mass is 10.0. The van der Waals surface area contributed by atoms with Crippen molar-refractivity contribution in [2.24, 2.45) is 9.98 Å². The molecule has 0 aliphatic carbocycles. The summed E-state index contributed by atoms with van der Waals surface area (Å²) in [4.78, 5) is 11.9. The first-order valence-corrected chi connectivity index (χ1v) is 13.7. The van der Waals surface area contributed by atoms with E-state index in [1.54, 1.807) is 18.2 Å². The molecule has 0 amide bonds. The first kappa shape index (κ1) is 26.3. The van der Waals surface area contributed by atoms with E-state index in [9.17, 15) is 8.42 Å². The lowest BCUT2D eigenvalue weighted by Crippen LogP contribution is -2.18. The standard InChI is InChI=1S/C29H33N5O2S/c1-5-21-15-26(32-25-12-8-14-28(18-25)37(35,36)30-2)19-29(31-20-21)33-24-11-6-9-22(16-24)23-10-7-13-27(17-23)34(3)4/h6-18,30H,5,19-20H2,1-4H3,(H,31,33). The molecule has 3 aromatic carbocycles. The highest BCUT2D eigenvalue weighted by molar-refractivity contribution is 7.89. The van der Waals surface area contributed by atoms with Gasteiger partial charge in [-0.15, -0.1) is 0 Å². The molecular weight excluding hydrogens is 482 g/mol. The minimum absolute atomic E-state index is 0.187. The van der Waals surface area contributed by atoms with Gasteiger partial charge in [0.25, 0.3) is 0 Å². The van der Waals surface area contributed by atoms with Crippen LogP contribution in [0.4, 0.5) is 17.1 Å². The number of rotatable bonds is 7. The second-order valence-corrected chi connectivity index (χ2v) is 10.9. The third kappa shape index (κ3) is 6.72. The van der Waals surface area contributed by atoms with Crippen LogP contribution in [0.3, 0.4) is 0 Å². The summed E-state index contributed by atoms with van der Waals surface area (Å²) in [5, 5.41) is 3.49. The molecule has 1 heterocycles. The van der Waals surface area contributed by atoms with Gasteiger partial charge in [-0.2, -0.15) is 0 Å². The Labute approximate surface area is 219 Å². The topological polar surface area (TPSA) is 86.2 Å². The van der Waals surface area contributed by atoms with Gasteiger partial charge in [-0.05, 0) is 78.7 Å². The molecule has 2 N–H and O–H groups in total. The van der Waals surface area contributed by atoms with Gasteiger partial charge in [0.15, 0.2) is 0 Å². The van der Waals surface area contributed by atoms with Crippen LogP contribution in [0.25, 0.3) is 11.1 Å². The van der Waals surface area contributed by atoms with E-state index in [0.717, 1.165) is 40.5 Å². The van der Waals surface area contributed by atoms with Gasteiger partial charge < -0.3 is 10.2 Å². The number of sulfonamides is 1. The van der Waals surface area contributed by atoms with E-state index in [1.165, 1.54) is 12.6 Å². The second-order valence-electron chi connectivity index (χ2n) is 9.05. The number of nitrogens with zero attached hydrogens (tertiary/aromatic N) is 3. The number of amidine groups is 1. The number of nitrogens with one attached hydrogen (secondary N) is 2. The minimum atomic E-state index is -3.54. The Kier molecular flexibility index (Phi) is 8.21. The fourth-order valence-corrected chi connectivity index (χ4v) is 4.81. The van der Waals surface area contributed by atoms with Gasteiger partial charge in [0, 0.05) is 37.6 Å². The molecule has 7 nitrogen and oxygen atoms in total. The van der Waals surface area contributed by atoms with Crippen LogP contribution in [0.1, 0.15) is 19.8 Å². The summed E-state index contributed by atoms with van der Waals surface area (Å²) < 4.78 is 26.8. The Morgan fingerprint density at radius 1 is 0.973 bits per heavy atom. The molecule has 0 spiro atoms. The van der Waals surface area contributed by atoms with Crippen LogP contribution in [-0.2, 0) is 10.0 Å². The lowest BCUT2D eigenvalue weighted by Gasteiger charge is -2.14. The van der Waals surface area contributed by atoms with Crippen molar-refractivity contribution >= 4 is 38.6 Å². The summed E-state index contributed by atoms with van der Waals surface area (Å²) in [5.74, 6) is 0.816. The van der Waals surface area contributed by atoms with Crippen molar-refractivity contribution in [2.45, 2.75) is 24.7 Å². The molecule has 0 bridgehead atoms.